The van der Waals surface area contributed by atoms with Crippen LogP contribution in [0.5, 0.6) is 5.75 Å². The number of aliphatic hydroxyl groups excluding tert-OH is 3. The molecule has 1 aromatic carbocycles. The Kier molecular flexibility index (Phi) is 34.0. The van der Waals surface area contributed by atoms with E-state index in [1.54, 1.807) is 32.9 Å². The number of unbranched alkanes of at least 4 members (excludes halogenated alkanes) is 1. The number of hydrogen-bond acceptors (Lipinski definition) is 21. The predicted molar refractivity (Wildman–Crippen MR) is 335 cm³/mol. The summed E-state index contributed by atoms with van der Waals surface area (Å²) in [5, 5.41) is 49.7. The molecule has 0 bridgehead atoms. The van der Waals surface area contributed by atoms with Crippen molar-refractivity contribution in [3.8, 4) is 5.75 Å². The third-order valence-corrected chi connectivity index (χ3v) is 17.9. The van der Waals surface area contributed by atoms with E-state index in [4.69, 9.17) is 35.2 Å². The van der Waals surface area contributed by atoms with Gasteiger partial charge in [0.15, 0.2) is 0 Å². The lowest BCUT2D eigenvalue weighted by Crippen LogP contribution is -2.61. The van der Waals surface area contributed by atoms with E-state index in [2.05, 4.69) is 42.2 Å². The number of ether oxygens (including phenoxy) is 5. The molecule has 1 aromatic heterocycles. The van der Waals surface area contributed by atoms with Crippen molar-refractivity contribution in [3.05, 3.63) is 23.3 Å². The van der Waals surface area contributed by atoms with Gasteiger partial charge in [-0.15, -0.1) is 0 Å². The number of ketones is 1. The molecule has 0 spiro atoms. The molecule has 92 heavy (non-hydrogen) atoms. The molecule has 2 aliphatic heterocycles. The monoisotopic (exact) mass is 1340 g/mol. The van der Waals surface area contributed by atoms with Gasteiger partial charge in [-0.25, -0.2) is 0 Å². The van der Waals surface area contributed by atoms with E-state index in [1.165, 1.54) is 32.7 Å². The maximum Gasteiger partial charge on any atom is 0.246 e. The van der Waals surface area contributed by atoms with Crippen LogP contribution in [0.4, 0.5) is 0 Å². The van der Waals surface area contributed by atoms with Crippen molar-refractivity contribution >= 4 is 98.3 Å². The number of aromatic nitrogens is 1. The third-order valence-electron chi connectivity index (χ3n) is 15.4. The number of rotatable bonds is 37. The SMILES string of the molecule is CCC(=O)N[C@H](C(=O)NCC(=O)N[C@H]1CS(=O)c2[nH]c3c(CSCCCCNC(=O)CCOCCOCCOCCOCCC(C)=O)c(OC)ccc3c2C[C@@H](C(N)=O)NC(=O)[C@H]([C@@H](C)[C@@H](O)CO)NC(=O)[C@@H]2C[C@@H](O)CN2C(=O)[C@H](CC(N)=O)NC1=O)[C@@H](C)CC. The number of H-pyrrole nitrogens is 1. The number of nitrogens with two attached hydrogens (primary N) is 2. The second-order valence-electron chi connectivity index (χ2n) is 22.4. The number of benzene rings is 1. The standard InChI is InChI=1S/C59H93N11O20S2/c1-7-33(3)50(67-47(76)8-2)56(82)63-28-49(78)64-42-32-92(85)58-38(26-40(53(61)79)65-57(83)51(35(5)44(74)30-71)68-55(81)43-25-36(73)29-70(43)59(84)41(27-46(60)75)66-54(42)80)37-11-12-45(86-6)39(52(37)69-58)31-91-24-10-9-15-62-48(77)14-17-88-19-21-90-23-22-89-20-18-87-16-13-34(4)72/h11-12,33,35-36,40-44,50-51,69,71,73-74H,7-10,13-32H2,1-6H3,(H2,60,75)(H2,61,79)(H,62,77)(H,63,82)(H,64,78)(H,65,83)(H,66,80)(H,67,76)(H,68,81)/t33-,35-,36+,40-,41-,42-,43-,44-,50-,51-,92?/m0/s1. The summed E-state index contributed by atoms with van der Waals surface area (Å²) in [5.74, 6) is -10.3. The molecular formula is C59H93N11O20S2. The Morgan fingerprint density at radius 2 is 1.49 bits per heavy atom. The molecule has 33 heteroatoms. The molecular weight excluding hydrogens is 1250 g/mol. The molecule has 1 fully saturated rings. The zero-order valence-electron chi connectivity index (χ0n) is 53.1. The molecule has 2 aromatic rings. The number of amides is 10. The van der Waals surface area contributed by atoms with Crippen LogP contribution in [0.25, 0.3) is 10.9 Å². The van der Waals surface area contributed by atoms with Crippen molar-refractivity contribution < 1.29 is 96.0 Å². The fourth-order valence-corrected chi connectivity index (χ4v) is 12.3. The summed E-state index contributed by atoms with van der Waals surface area (Å²) < 4.78 is 42.8. The summed E-state index contributed by atoms with van der Waals surface area (Å²) in [5.41, 5.74) is 12.6. The summed E-state index contributed by atoms with van der Waals surface area (Å²) >= 11 is 1.49. The Labute approximate surface area is 540 Å². The molecule has 1 saturated heterocycles. The zero-order valence-corrected chi connectivity index (χ0v) is 54.7. The van der Waals surface area contributed by atoms with Crippen molar-refractivity contribution in [2.45, 2.75) is 152 Å². The smallest absolute Gasteiger partial charge is 0.246 e. The van der Waals surface area contributed by atoms with Crippen LogP contribution in [-0.4, -0.2) is 240 Å². The molecule has 0 aliphatic carbocycles. The molecule has 31 nitrogen and oxygen atoms in total. The second-order valence-corrected chi connectivity index (χ2v) is 24.9. The highest BCUT2D eigenvalue weighted by Crippen LogP contribution is 2.36. The number of nitrogens with zero attached hydrogens (tertiary/aromatic N) is 1. The Morgan fingerprint density at radius 1 is 0.837 bits per heavy atom. The maximum absolute atomic E-state index is 15.3. The van der Waals surface area contributed by atoms with Crippen molar-refractivity contribution in [3.63, 3.8) is 0 Å². The van der Waals surface area contributed by atoms with Gasteiger partial charge in [0, 0.05) is 67.8 Å². The average Bonchev–Trinajstić information content (AvgIpc) is 1.61. The third kappa shape index (κ3) is 24.9. The molecule has 0 radical (unpaired) electrons. The molecule has 2 aliphatic rings. The van der Waals surface area contributed by atoms with Gasteiger partial charge in [0.1, 0.15) is 52.8 Å². The molecule has 15 N–H and O–H groups in total. The van der Waals surface area contributed by atoms with Crippen LogP contribution in [0.3, 0.4) is 0 Å². The number of aromatic amines is 1. The molecule has 11 atom stereocenters. The number of fused-ring (bicyclic) bond motifs is 4. The predicted octanol–water partition coefficient (Wildman–Crippen LogP) is -3.29. The molecule has 10 amide bonds. The van der Waals surface area contributed by atoms with Crippen molar-refractivity contribution in [2.24, 2.45) is 23.3 Å². The Hall–Kier alpha value is -6.85. The van der Waals surface area contributed by atoms with E-state index in [1.807, 2.05) is 0 Å². The second kappa shape index (κ2) is 40.3. The highest BCUT2D eigenvalue weighted by molar-refractivity contribution is 7.98. The summed E-state index contributed by atoms with van der Waals surface area (Å²) in [6, 6.07) is -6.65. The van der Waals surface area contributed by atoms with E-state index >= 15 is 4.21 Å². The van der Waals surface area contributed by atoms with Crippen LogP contribution in [-0.2, 0) is 94.7 Å². The van der Waals surface area contributed by atoms with Gasteiger partial charge < -0.3 is 97.6 Å². The summed E-state index contributed by atoms with van der Waals surface area (Å²) in [6.07, 6.45) is -2.55. The summed E-state index contributed by atoms with van der Waals surface area (Å²) in [6.45, 7) is 8.75. The highest BCUT2D eigenvalue weighted by atomic mass is 32.2. The number of nitrogens with one attached hydrogen (secondary N) is 8. The van der Waals surface area contributed by atoms with Gasteiger partial charge in [0.2, 0.25) is 59.1 Å². The fourth-order valence-electron chi connectivity index (χ4n) is 9.89. The number of thioether (sulfide) groups is 1. The van der Waals surface area contributed by atoms with E-state index in [9.17, 15) is 68.1 Å². The van der Waals surface area contributed by atoms with Crippen molar-refractivity contribution in [2.75, 3.05) is 97.7 Å². The quantitative estimate of drug-likeness (QED) is 0.0295. The Bertz CT molecular complexity index is 2870. The minimum atomic E-state index is -2.46. The number of methoxy groups -OCH3 is 1. The largest absolute Gasteiger partial charge is 0.496 e. The number of aliphatic hydroxyl groups is 3. The van der Waals surface area contributed by atoms with Gasteiger partial charge in [-0.05, 0) is 49.1 Å². The molecule has 516 valence electrons. The van der Waals surface area contributed by atoms with Crippen LogP contribution in [0.2, 0.25) is 0 Å². The van der Waals surface area contributed by atoms with Crippen molar-refractivity contribution in [1.82, 2.24) is 47.1 Å². The number of carbonyl (C=O) groups excluding carboxylic acids is 11. The minimum Gasteiger partial charge on any atom is -0.496 e. The number of Topliss-reactive ketones (excluding diaryl/α,β-unsaturated/α-hetero) is 1. The van der Waals surface area contributed by atoms with E-state index < -0.39 is 163 Å². The zero-order chi connectivity index (χ0) is 68.0. The van der Waals surface area contributed by atoms with Crippen molar-refractivity contribution in [1.29, 1.82) is 0 Å². The fraction of sp³-hybridized carbons (Fsp3) is 0.678. The number of hydrogen-bond donors (Lipinski definition) is 13. The number of primary amides is 2. The summed E-state index contributed by atoms with van der Waals surface area (Å²) in [4.78, 5) is 151. The normalized spacial score (nSPS) is 21.2. The van der Waals surface area contributed by atoms with Crippen LogP contribution in [0, 0.1) is 11.8 Å². The van der Waals surface area contributed by atoms with Gasteiger partial charge in [-0.3, -0.25) is 56.9 Å². The first-order chi connectivity index (χ1) is 43.8. The van der Waals surface area contributed by atoms with Gasteiger partial charge in [0.05, 0.1) is 114 Å². The highest BCUT2D eigenvalue weighted by Gasteiger charge is 2.45. The Morgan fingerprint density at radius 3 is 2.09 bits per heavy atom. The molecule has 4 rings (SSSR count). The van der Waals surface area contributed by atoms with Crippen LogP contribution >= 0.6 is 11.8 Å². The van der Waals surface area contributed by atoms with Crippen LogP contribution in [0.1, 0.15) is 97.1 Å². The average molecular weight is 1340 g/mol. The molecule has 1 unspecified atom stereocenters. The first-order valence-corrected chi connectivity index (χ1v) is 33.2. The maximum atomic E-state index is 15.3. The first kappa shape index (κ1) is 77.6. The molecule has 3 heterocycles. The van der Waals surface area contributed by atoms with Gasteiger partial charge >= 0.3 is 0 Å². The van der Waals surface area contributed by atoms with Gasteiger partial charge in [0.25, 0.3) is 0 Å². The lowest BCUT2D eigenvalue weighted by Gasteiger charge is -2.32. The Balaban J connectivity index is 1.64. The van der Waals surface area contributed by atoms with Gasteiger partial charge in [-0.1, -0.05) is 34.1 Å². The number of carbonyl (C=O) groups is 11. The lowest BCUT2D eigenvalue weighted by molar-refractivity contribution is -0.144. The van der Waals surface area contributed by atoms with Crippen LogP contribution in [0.15, 0.2) is 17.2 Å². The molecule has 0 saturated carbocycles. The van der Waals surface area contributed by atoms with E-state index in [0.717, 1.165) is 4.90 Å². The first-order valence-electron chi connectivity index (χ1n) is 30.7. The van der Waals surface area contributed by atoms with E-state index in [0.29, 0.717) is 99.8 Å². The lowest BCUT2D eigenvalue weighted by atomic mass is 9.93. The van der Waals surface area contributed by atoms with Gasteiger partial charge in [-0.2, -0.15) is 11.8 Å². The van der Waals surface area contributed by atoms with Crippen LogP contribution < -0.4 is 53.4 Å². The summed E-state index contributed by atoms with van der Waals surface area (Å²) in [7, 11) is -1.03. The minimum absolute atomic E-state index is 0.0601. The van der Waals surface area contributed by atoms with E-state index in [-0.39, 0.29) is 60.0 Å². The topological polar surface area (TPSA) is 467 Å².